The lowest BCUT2D eigenvalue weighted by atomic mass is 9.99. The molecule has 10 nitrogen and oxygen atoms in total. The van der Waals surface area contributed by atoms with Crippen LogP contribution in [0.1, 0.15) is 114 Å². The van der Waals surface area contributed by atoms with E-state index in [-0.39, 0.29) is 30.1 Å². The first-order chi connectivity index (χ1) is 28.9. The van der Waals surface area contributed by atoms with Gasteiger partial charge in [-0.1, -0.05) is 127 Å². The molecule has 2 heterocycles. The van der Waals surface area contributed by atoms with Crippen molar-refractivity contribution in [2.24, 2.45) is 5.92 Å². The predicted molar refractivity (Wildman–Crippen MR) is 231 cm³/mol. The van der Waals surface area contributed by atoms with Crippen molar-refractivity contribution in [2.75, 3.05) is 39.6 Å². The first kappa shape index (κ1) is 47.0. The Morgan fingerprint density at radius 2 is 0.949 bits per heavy atom. The van der Waals surface area contributed by atoms with Crippen molar-refractivity contribution < 1.29 is 47.5 Å². The third-order valence-electron chi connectivity index (χ3n) is 10.5. The van der Waals surface area contributed by atoms with Gasteiger partial charge in [-0.2, -0.15) is 0 Å². The molecule has 0 radical (unpaired) electrons. The van der Waals surface area contributed by atoms with E-state index in [1.165, 1.54) is 63.2 Å². The number of hydrogen-bond donors (Lipinski definition) is 0. The van der Waals surface area contributed by atoms with Crippen molar-refractivity contribution in [2.45, 2.75) is 121 Å². The fourth-order valence-corrected chi connectivity index (χ4v) is 7.07. The molecule has 0 N–H and O–H groups in total. The van der Waals surface area contributed by atoms with E-state index in [4.69, 9.17) is 33.2 Å². The zero-order valence-corrected chi connectivity index (χ0v) is 34.9. The van der Waals surface area contributed by atoms with E-state index in [2.05, 4.69) is 37.4 Å². The van der Waals surface area contributed by atoms with Crippen molar-refractivity contribution >= 4 is 30.1 Å². The summed E-state index contributed by atoms with van der Waals surface area (Å²) in [4.78, 5) is 34.8. The summed E-state index contributed by atoms with van der Waals surface area (Å²) in [7, 11) is 0. The average Bonchev–Trinajstić information content (AvgIpc) is 3.86. The van der Waals surface area contributed by atoms with Gasteiger partial charge in [-0.05, 0) is 67.2 Å². The summed E-state index contributed by atoms with van der Waals surface area (Å²) in [5, 5.41) is 0. The van der Waals surface area contributed by atoms with Crippen LogP contribution in [0.2, 0.25) is 0 Å². The lowest BCUT2D eigenvalue weighted by Gasteiger charge is -2.15. The highest BCUT2D eigenvalue weighted by Crippen LogP contribution is 2.34. The van der Waals surface area contributed by atoms with Crippen LogP contribution in [0.4, 0.5) is 0 Å². The maximum absolute atomic E-state index is 12.7. The number of fused-ring (bicyclic) bond motifs is 1. The van der Waals surface area contributed by atoms with Crippen molar-refractivity contribution in [1.82, 2.24) is 0 Å². The van der Waals surface area contributed by atoms with Gasteiger partial charge in [0.2, 0.25) is 0 Å². The Kier molecular flexibility index (Phi) is 22.9. The van der Waals surface area contributed by atoms with Crippen LogP contribution in [0, 0.1) is 5.92 Å². The van der Waals surface area contributed by atoms with Crippen LogP contribution in [0.25, 0.3) is 12.2 Å². The van der Waals surface area contributed by atoms with Crippen molar-refractivity contribution in [3.8, 4) is 11.5 Å². The molecule has 0 aromatic heterocycles. The minimum Gasteiger partial charge on any atom is -0.494 e. The maximum Gasteiger partial charge on any atom is 0.331 e. The van der Waals surface area contributed by atoms with E-state index in [1.54, 1.807) is 6.08 Å². The van der Waals surface area contributed by atoms with Crippen LogP contribution < -0.4 is 9.47 Å². The zero-order chi connectivity index (χ0) is 41.8. The first-order valence-corrected chi connectivity index (χ1v) is 21.8. The number of carbonyl (C=O) groups excluding carboxylic acids is 3. The average molecular weight is 815 g/mol. The van der Waals surface area contributed by atoms with Gasteiger partial charge in [-0.25, -0.2) is 14.4 Å². The molecule has 4 rings (SSSR count). The molecular weight excluding hydrogens is 749 g/mol. The summed E-state index contributed by atoms with van der Waals surface area (Å²) in [6.45, 7) is 9.95. The second-order valence-corrected chi connectivity index (χ2v) is 15.2. The topological polar surface area (TPSA) is 116 Å². The van der Waals surface area contributed by atoms with Crippen molar-refractivity contribution in [1.29, 1.82) is 0 Å². The molecule has 2 aliphatic rings. The molecule has 2 aliphatic heterocycles. The molecule has 2 saturated heterocycles. The molecule has 0 bridgehead atoms. The lowest BCUT2D eigenvalue weighted by Crippen LogP contribution is -2.32. The number of carbonyl (C=O) groups is 3. The quantitative estimate of drug-likeness (QED) is 0.0315. The molecule has 322 valence electrons. The summed E-state index contributed by atoms with van der Waals surface area (Å²) in [6, 6.07) is 15.8. The molecule has 2 fully saturated rings. The Labute approximate surface area is 352 Å². The summed E-state index contributed by atoms with van der Waals surface area (Å²) >= 11 is 0. The van der Waals surface area contributed by atoms with E-state index in [9.17, 15) is 14.4 Å². The molecule has 0 spiro atoms. The first-order valence-electron chi connectivity index (χ1n) is 21.8. The zero-order valence-electron chi connectivity index (χ0n) is 34.9. The fourth-order valence-electron chi connectivity index (χ4n) is 7.07. The van der Waals surface area contributed by atoms with Crippen LogP contribution >= 0.6 is 0 Å². The molecule has 0 aliphatic carbocycles. The van der Waals surface area contributed by atoms with Gasteiger partial charge in [0.25, 0.3) is 0 Å². The van der Waals surface area contributed by atoms with Gasteiger partial charge in [0.1, 0.15) is 17.6 Å². The molecule has 0 amide bonds. The number of rotatable bonds is 31. The summed E-state index contributed by atoms with van der Waals surface area (Å²) < 4.78 is 39.7. The molecule has 0 saturated carbocycles. The highest BCUT2D eigenvalue weighted by Gasteiger charge is 2.48. The monoisotopic (exact) mass is 814 g/mol. The van der Waals surface area contributed by atoms with Crippen molar-refractivity contribution in [3.63, 3.8) is 0 Å². The number of esters is 3. The third kappa shape index (κ3) is 19.3. The van der Waals surface area contributed by atoms with E-state index in [0.717, 1.165) is 80.4 Å². The SMILES string of the molecule is C=CC(=O)OCCCCCCCCCCOc1ccc(C=C[C@@H]2CO[C@H]3[C@@H]2OC[C@@H]3OC(=O)/C=C/c2ccc(OCCCCCCCCCCOC(=O)C=C)cc2)cc1. The Balaban J connectivity index is 1.01. The van der Waals surface area contributed by atoms with Gasteiger partial charge in [0.05, 0.1) is 45.7 Å². The van der Waals surface area contributed by atoms with E-state index in [1.807, 2.05) is 36.4 Å². The van der Waals surface area contributed by atoms with E-state index >= 15 is 0 Å². The van der Waals surface area contributed by atoms with Crippen LogP contribution in [0.15, 0.2) is 86.0 Å². The van der Waals surface area contributed by atoms with Gasteiger partial charge >= 0.3 is 17.9 Å². The van der Waals surface area contributed by atoms with E-state index in [0.29, 0.717) is 39.6 Å². The fraction of sp³-hybridized carbons (Fsp3) is 0.531. The van der Waals surface area contributed by atoms with E-state index < -0.39 is 12.1 Å². The summed E-state index contributed by atoms with van der Waals surface area (Å²) in [5.74, 6) is 0.632. The van der Waals surface area contributed by atoms with Crippen molar-refractivity contribution in [3.05, 3.63) is 97.1 Å². The maximum atomic E-state index is 12.7. The van der Waals surface area contributed by atoms with Crippen LogP contribution in [0.3, 0.4) is 0 Å². The Hall–Kier alpha value is -4.67. The number of benzene rings is 2. The third-order valence-corrected chi connectivity index (χ3v) is 10.5. The second kappa shape index (κ2) is 28.7. The minimum absolute atomic E-state index is 0.0716. The Morgan fingerprint density at radius 3 is 1.42 bits per heavy atom. The molecule has 0 unspecified atom stereocenters. The second-order valence-electron chi connectivity index (χ2n) is 15.2. The number of ether oxygens (including phenoxy) is 7. The summed E-state index contributed by atoms with van der Waals surface area (Å²) in [6.07, 6.45) is 26.7. The largest absolute Gasteiger partial charge is 0.494 e. The number of hydrogen-bond acceptors (Lipinski definition) is 10. The molecule has 4 atom stereocenters. The van der Waals surface area contributed by atoms with Gasteiger partial charge < -0.3 is 33.2 Å². The standard InChI is InChI=1S/C49H66O10/c1-3-45(50)55-35-19-15-11-7-5-9-13-17-33-53-42-28-22-39(23-29-42)21-27-41-37-57-49-44(38-58-48(41)49)59-47(52)32-26-40-24-30-43(31-25-40)54-34-18-14-10-6-8-12-16-20-36-56-46(51)4-2/h3-4,21-32,41,44,48-49H,1-2,5-20,33-38H2/b27-21?,32-26+/t41-,44+,48-,49-/m1/s1. The van der Waals surface area contributed by atoms with Crippen LogP contribution in [0.5, 0.6) is 11.5 Å². The molecule has 59 heavy (non-hydrogen) atoms. The molecule has 2 aromatic rings. The van der Waals surface area contributed by atoms with Gasteiger partial charge in [-0.15, -0.1) is 0 Å². The van der Waals surface area contributed by atoms with Gasteiger partial charge in [0.15, 0.2) is 6.10 Å². The highest BCUT2D eigenvalue weighted by molar-refractivity contribution is 5.87. The van der Waals surface area contributed by atoms with Gasteiger partial charge in [-0.3, -0.25) is 0 Å². The minimum atomic E-state index is -0.449. The Morgan fingerprint density at radius 1 is 0.525 bits per heavy atom. The Bertz CT molecular complexity index is 1580. The molecule has 10 heteroatoms. The van der Waals surface area contributed by atoms with Crippen LogP contribution in [-0.2, 0) is 38.1 Å². The predicted octanol–water partition coefficient (Wildman–Crippen LogP) is 10.2. The smallest absolute Gasteiger partial charge is 0.331 e. The highest BCUT2D eigenvalue weighted by atomic mass is 16.6. The van der Waals surface area contributed by atoms with Gasteiger partial charge in [0, 0.05) is 24.1 Å². The molecule has 2 aromatic carbocycles. The van der Waals surface area contributed by atoms with Crippen LogP contribution in [-0.4, -0.2) is 75.9 Å². The normalized spacial score (nSPS) is 18.4. The molecular formula is C49H66O10. The lowest BCUT2D eigenvalue weighted by molar-refractivity contribution is -0.147. The number of unbranched alkanes of at least 4 members (excludes halogenated alkanes) is 14. The summed E-state index contributed by atoms with van der Waals surface area (Å²) in [5.41, 5.74) is 1.96.